The summed E-state index contributed by atoms with van der Waals surface area (Å²) >= 11 is 1.58. The lowest BCUT2D eigenvalue weighted by atomic mass is 9.69. The van der Waals surface area contributed by atoms with E-state index in [1.165, 1.54) is 19.2 Å². The molecule has 2 heterocycles. The molecular weight excluding hydrogens is 427 g/mol. The van der Waals surface area contributed by atoms with E-state index >= 15 is 0 Å². The lowest BCUT2D eigenvalue weighted by molar-refractivity contribution is -0.145. The first-order chi connectivity index (χ1) is 14.7. The number of rotatable bonds is 3. The third-order valence-corrected chi connectivity index (χ3v) is 6.87. The largest absolute Gasteiger partial charge is 0.468 e. The molecule has 2 aromatic rings. The van der Waals surface area contributed by atoms with Crippen LogP contribution in [0, 0.1) is 5.92 Å². The highest BCUT2D eigenvalue weighted by molar-refractivity contribution is 7.10. The Kier molecular flexibility index (Phi) is 5.51. The summed E-state index contributed by atoms with van der Waals surface area (Å²) in [6, 6.07) is 8.50. The smallest absolute Gasteiger partial charge is 0.416 e. The molecule has 162 valence electrons. The summed E-state index contributed by atoms with van der Waals surface area (Å²) in [7, 11) is 1.23. The maximum Gasteiger partial charge on any atom is 0.416 e. The molecule has 31 heavy (non-hydrogen) atoms. The predicted octanol–water partition coefficient (Wildman–Crippen LogP) is 5.16. The highest BCUT2D eigenvalue weighted by Gasteiger charge is 2.45. The number of alkyl halides is 3. The lowest BCUT2D eigenvalue weighted by Crippen LogP contribution is -2.41. The van der Waals surface area contributed by atoms with Crippen LogP contribution in [0.25, 0.3) is 0 Å². The van der Waals surface area contributed by atoms with Gasteiger partial charge in [0.15, 0.2) is 5.78 Å². The van der Waals surface area contributed by atoms with Crippen LogP contribution in [-0.2, 0) is 20.5 Å². The predicted molar refractivity (Wildman–Crippen MR) is 110 cm³/mol. The second-order valence-electron chi connectivity index (χ2n) is 7.68. The van der Waals surface area contributed by atoms with Gasteiger partial charge >= 0.3 is 12.1 Å². The molecule has 1 aliphatic carbocycles. The van der Waals surface area contributed by atoms with E-state index in [-0.39, 0.29) is 18.1 Å². The van der Waals surface area contributed by atoms with E-state index < -0.39 is 29.5 Å². The monoisotopic (exact) mass is 447 g/mol. The van der Waals surface area contributed by atoms with Crippen molar-refractivity contribution >= 4 is 23.1 Å². The summed E-state index contributed by atoms with van der Waals surface area (Å²) < 4.78 is 44.0. The summed E-state index contributed by atoms with van der Waals surface area (Å²) in [5.41, 5.74) is 1.12. The molecule has 1 aliphatic heterocycles. The highest BCUT2D eigenvalue weighted by Crippen LogP contribution is 2.47. The van der Waals surface area contributed by atoms with Gasteiger partial charge < -0.3 is 10.1 Å². The van der Waals surface area contributed by atoms with Crippen molar-refractivity contribution in [2.75, 3.05) is 7.11 Å². The first kappa shape index (κ1) is 21.4. The van der Waals surface area contributed by atoms with Crippen LogP contribution in [0.4, 0.5) is 13.2 Å². The van der Waals surface area contributed by atoms with Crippen LogP contribution in [0.5, 0.6) is 0 Å². The fourth-order valence-corrected chi connectivity index (χ4v) is 5.25. The van der Waals surface area contributed by atoms with Crippen molar-refractivity contribution in [3.63, 3.8) is 0 Å². The van der Waals surface area contributed by atoms with E-state index in [2.05, 4.69) is 11.9 Å². The van der Waals surface area contributed by atoms with Gasteiger partial charge in [0.2, 0.25) is 0 Å². The Morgan fingerprint density at radius 2 is 1.90 bits per heavy atom. The van der Waals surface area contributed by atoms with E-state index in [9.17, 15) is 22.8 Å². The number of carbonyl (C=O) groups excluding carboxylic acids is 2. The van der Waals surface area contributed by atoms with Gasteiger partial charge in [-0.3, -0.25) is 9.59 Å². The second kappa shape index (κ2) is 8.00. The number of benzene rings is 1. The Morgan fingerprint density at radius 1 is 1.19 bits per heavy atom. The van der Waals surface area contributed by atoms with Gasteiger partial charge in [-0.15, -0.1) is 11.3 Å². The summed E-state index contributed by atoms with van der Waals surface area (Å²) in [4.78, 5) is 26.9. The van der Waals surface area contributed by atoms with Crippen LogP contribution in [0.15, 0.2) is 65.3 Å². The molecule has 0 spiro atoms. The number of ketones is 1. The molecule has 4 nitrogen and oxygen atoms in total. The van der Waals surface area contributed by atoms with Crippen LogP contribution < -0.4 is 5.32 Å². The molecule has 4 rings (SSSR count). The van der Waals surface area contributed by atoms with Crippen LogP contribution in [-0.4, -0.2) is 18.9 Å². The van der Waals surface area contributed by atoms with Gasteiger partial charge in [-0.1, -0.05) is 24.8 Å². The lowest BCUT2D eigenvalue weighted by Gasteiger charge is -2.39. The quantitative estimate of drug-likeness (QED) is 0.661. The first-order valence-electron chi connectivity index (χ1n) is 9.71. The normalized spacial score (nSPS) is 23.9. The van der Waals surface area contributed by atoms with Crippen molar-refractivity contribution in [1.82, 2.24) is 5.32 Å². The second-order valence-corrected chi connectivity index (χ2v) is 8.66. The molecule has 0 saturated carbocycles. The van der Waals surface area contributed by atoms with Crippen molar-refractivity contribution in [2.45, 2.75) is 30.9 Å². The number of halogens is 3. The van der Waals surface area contributed by atoms with Crippen LogP contribution >= 0.6 is 11.3 Å². The zero-order valence-electron chi connectivity index (χ0n) is 16.7. The molecule has 3 unspecified atom stereocenters. The van der Waals surface area contributed by atoms with Gasteiger partial charge in [-0.05, 0) is 35.6 Å². The third kappa shape index (κ3) is 3.92. The molecule has 0 radical (unpaired) electrons. The molecule has 0 fully saturated rings. The van der Waals surface area contributed by atoms with E-state index in [1.807, 2.05) is 17.5 Å². The number of carbonyl (C=O) groups is 2. The standard InChI is InChI=1S/C23H20F3NO3S/c1-12-19(22(29)30-2)20(13-5-7-15(8-6-13)23(24,25)26)21-16(27-12)10-14(11-17(21)28)18-4-3-9-31-18/h3-9,14,19-20,27H,1,10-11H2,2H3. The van der Waals surface area contributed by atoms with E-state index in [1.54, 1.807) is 11.3 Å². The van der Waals surface area contributed by atoms with E-state index in [0.29, 0.717) is 29.0 Å². The summed E-state index contributed by atoms with van der Waals surface area (Å²) in [6.45, 7) is 3.97. The van der Waals surface area contributed by atoms with Gasteiger partial charge in [-0.25, -0.2) is 0 Å². The Labute approximate surface area is 181 Å². The SMILES string of the molecule is C=C1NC2=C(C(=O)CC(c3cccs3)C2)C(c2ccc(C(F)(F)F)cc2)C1C(=O)OC. The fourth-order valence-electron chi connectivity index (χ4n) is 4.42. The minimum atomic E-state index is -4.48. The number of esters is 1. The van der Waals surface area contributed by atoms with E-state index in [4.69, 9.17) is 4.74 Å². The number of thiophene rings is 1. The first-order valence-corrected chi connectivity index (χ1v) is 10.6. The Hall–Kier alpha value is -2.87. The number of hydrogen-bond acceptors (Lipinski definition) is 5. The molecule has 2 aliphatic rings. The molecule has 1 aromatic heterocycles. The minimum absolute atomic E-state index is 0.00878. The number of allylic oxidation sites excluding steroid dienone is 2. The van der Waals surface area contributed by atoms with Gasteiger partial charge in [0.1, 0.15) is 5.92 Å². The average Bonchev–Trinajstić information content (AvgIpc) is 3.26. The topological polar surface area (TPSA) is 55.4 Å². The molecular formula is C23H20F3NO3S. The molecule has 3 atom stereocenters. The molecule has 0 amide bonds. The summed E-state index contributed by atoms with van der Waals surface area (Å²) in [6.07, 6.45) is -3.64. The molecule has 0 saturated heterocycles. The minimum Gasteiger partial charge on any atom is -0.468 e. The van der Waals surface area contributed by atoms with Crippen molar-refractivity contribution in [3.8, 4) is 0 Å². The Balaban J connectivity index is 1.80. The zero-order valence-corrected chi connectivity index (χ0v) is 17.5. The Morgan fingerprint density at radius 3 is 2.48 bits per heavy atom. The number of nitrogens with one attached hydrogen (secondary N) is 1. The van der Waals surface area contributed by atoms with E-state index in [0.717, 1.165) is 17.0 Å². The van der Waals surface area contributed by atoms with Crippen molar-refractivity contribution in [1.29, 1.82) is 0 Å². The number of ether oxygens (including phenoxy) is 1. The maximum absolute atomic E-state index is 13.3. The van der Waals surface area contributed by atoms with Gasteiger partial charge in [-0.2, -0.15) is 13.2 Å². The number of methoxy groups -OCH3 is 1. The third-order valence-electron chi connectivity index (χ3n) is 5.84. The molecule has 1 aromatic carbocycles. The zero-order chi connectivity index (χ0) is 22.3. The number of Topliss-reactive ketones (excluding diaryl/α,β-unsaturated/α-hetero) is 1. The van der Waals surface area contributed by atoms with Crippen molar-refractivity contribution in [2.24, 2.45) is 5.92 Å². The van der Waals surface area contributed by atoms with Crippen LogP contribution in [0.2, 0.25) is 0 Å². The highest BCUT2D eigenvalue weighted by atomic mass is 32.1. The van der Waals surface area contributed by atoms with Crippen LogP contribution in [0.1, 0.15) is 40.7 Å². The summed E-state index contributed by atoms with van der Waals surface area (Å²) in [5.74, 6) is -2.38. The molecule has 1 N–H and O–H groups in total. The Bertz CT molecular complexity index is 1050. The maximum atomic E-state index is 13.3. The van der Waals surface area contributed by atoms with Gasteiger partial charge in [0, 0.05) is 40.1 Å². The van der Waals surface area contributed by atoms with Crippen LogP contribution in [0.3, 0.4) is 0 Å². The van der Waals surface area contributed by atoms with Gasteiger partial charge in [0.25, 0.3) is 0 Å². The molecule has 0 bridgehead atoms. The van der Waals surface area contributed by atoms with Crippen molar-refractivity contribution < 1.29 is 27.5 Å². The fraction of sp³-hybridized carbons (Fsp3) is 0.304. The average molecular weight is 447 g/mol. The van der Waals surface area contributed by atoms with Crippen molar-refractivity contribution in [3.05, 3.63) is 81.3 Å². The molecule has 8 heteroatoms. The number of hydrogen-bond donors (Lipinski definition) is 1. The van der Waals surface area contributed by atoms with Gasteiger partial charge in [0.05, 0.1) is 12.7 Å². The summed E-state index contributed by atoms with van der Waals surface area (Å²) in [5, 5.41) is 5.08.